The molecule has 1 unspecified atom stereocenters. The Hall–Kier alpha value is -2.15. The average molecular weight is 289 g/mol. The third kappa shape index (κ3) is 2.52. The second kappa shape index (κ2) is 5.24. The fourth-order valence-corrected chi connectivity index (χ4v) is 3.06. The van der Waals surface area contributed by atoms with Gasteiger partial charge in [0, 0.05) is 22.6 Å². The molecular weight excluding hydrogens is 266 g/mol. The highest BCUT2D eigenvalue weighted by molar-refractivity contribution is 6.13. The van der Waals surface area contributed by atoms with Crippen molar-refractivity contribution in [3.05, 3.63) is 71.3 Å². The summed E-state index contributed by atoms with van der Waals surface area (Å²) in [5.41, 5.74) is 4.19. The van der Waals surface area contributed by atoms with E-state index in [9.17, 15) is 0 Å². The maximum Gasteiger partial charge on any atom is 0.0448 e. The van der Waals surface area contributed by atoms with Gasteiger partial charge in [-0.2, -0.15) is 0 Å². The molecule has 0 saturated carbocycles. The SMILES string of the molecule is CC1=CC(c2ccc3ccccc3c2C(=N)C(C)(C)C)C=C1. The quantitative estimate of drug-likeness (QED) is 0.670. The Kier molecular flexibility index (Phi) is 3.52. The molecule has 0 heterocycles. The van der Waals surface area contributed by atoms with Gasteiger partial charge in [-0.25, -0.2) is 0 Å². The van der Waals surface area contributed by atoms with Crippen LogP contribution >= 0.6 is 0 Å². The Morgan fingerprint density at radius 3 is 2.41 bits per heavy atom. The zero-order chi connectivity index (χ0) is 15.9. The number of allylic oxidation sites excluding steroid dienone is 4. The largest absolute Gasteiger partial charge is 0.304 e. The predicted molar refractivity (Wildman–Crippen MR) is 95.9 cm³/mol. The molecule has 1 aliphatic carbocycles. The minimum Gasteiger partial charge on any atom is -0.304 e. The van der Waals surface area contributed by atoms with Crippen molar-refractivity contribution in [2.45, 2.75) is 33.6 Å². The van der Waals surface area contributed by atoms with E-state index >= 15 is 0 Å². The van der Waals surface area contributed by atoms with E-state index in [-0.39, 0.29) is 11.3 Å². The van der Waals surface area contributed by atoms with Crippen molar-refractivity contribution >= 4 is 16.5 Å². The molecule has 1 atom stereocenters. The van der Waals surface area contributed by atoms with Crippen LogP contribution in [-0.4, -0.2) is 5.71 Å². The summed E-state index contributed by atoms with van der Waals surface area (Å²) in [6.07, 6.45) is 6.69. The molecule has 0 saturated heterocycles. The van der Waals surface area contributed by atoms with Gasteiger partial charge < -0.3 is 5.41 Å². The molecule has 0 radical (unpaired) electrons. The first kappa shape index (κ1) is 14.8. The topological polar surface area (TPSA) is 23.9 Å². The van der Waals surface area contributed by atoms with Crippen LogP contribution < -0.4 is 0 Å². The van der Waals surface area contributed by atoms with Crippen molar-refractivity contribution in [2.24, 2.45) is 5.41 Å². The molecule has 2 aromatic rings. The Balaban J connectivity index is 2.29. The summed E-state index contributed by atoms with van der Waals surface area (Å²) in [5, 5.41) is 11.2. The summed E-state index contributed by atoms with van der Waals surface area (Å²) in [4.78, 5) is 0. The minimum atomic E-state index is -0.167. The van der Waals surface area contributed by atoms with Crippen LogP contribution in [0, 0.1) is 10.8 Å². The Morgan fingerprint density at radius 2 is 1.77 bits per heavy atom. The van der Waals surface area contributed by atoms with Crippen molar-refractivity contribution in [1.29, 1.82) is 5.41 Å². The first-order chi connectivity index (χ1) is 10.4. The molecule has 1 nitrogen and oxygen atoms in total. The van der Waals surface area contributed by atoms with Gasteiger partial charge in [0.1, 0.15) is 0 Å². The highest BCUT2D eigenvalue weighted by atomic mass is 14.5. The number of nitrogens with one attached hydrogen (secondary N) is 1. The molecule has 1 aliphatic rings. The van der Waals surface area contributed by atoms with Gasteiger partial charge >= 0.3 is 0 Å². The standard InChI is InChI=1S/C21H23N/c1-14-9-10-16(13-14)18-12-11-15-7-5-6-8-17(15)19(18)20(22)21(2,3)4/h5-13,16,22H,1-4H3. The van der Waals surface area contributed by atoms with Gasteiger partial charge in [0.05, 0.1) is 0 Å². The molecule has 1 heteroatoms. The first-order valence-corrected chi connectivity index (χ1v) is 7.85. The van der Waals surface area contributed by atoms with Gasteiger partial charge in [0.15, 0.2) is 0 Å². The molecule has 0 aromatic heterocycles. The smallest absolute Gasteiger partial charge is 0.0448 e. The third-order valence-electron chi connectivity index (χ3n) is 4.33. The number of benzene rings is 2. The molecule has 1 N–H and O–H groups in total. The lowest BCUT2D eigenvalue weighted by molar-refractivity contribution is 0.588. The Bertz CT molecular complexity index is 800. The van der Waals surface area contributed by atoms with Gasteiger partial charge in [-0.05, 0) is 23.3 Å². The highest BCUT2D eigenvalue weighted by Gasteiger charge is 2.25. The van der Waals surface area contributed by atoms with E-state index in [0.29, 0.717) is 5.71 Å². The highest BCUT2D eigenvalue weighted by Crippen LogP contribution is 2.36. The van der Waals surface area contributed by atoms with Crippen LogP contribution in [0.5, 0.6) is 0 Å². The molecule has 0 bridgehead atoms. The zero-order valence-corrected chi connectivity index (χ0v) is 13.8. The molecule has 2 aromatic carbocycles. The summed E-state index contributed by atoms with van der Waals surface area (Å²) in [7, 11) is 0. The second-order valence-electron chi connectivity index (χ2n) is 7.17. The van der Waals surface area contributed by atoms with Crippen molar-refractivity contribution in [1.82, 2.24) is 0 Å². The van der Waals surface area contributed by atoms with Crippen LogP contribution in [0.2, 0.25) is 0 Å². The summed E-state index contributed by atoms with van der Waals surface area (Å²) in [6, 6.07) is 12.8. The van der Waals surface area contributed by atoms with Gasteiger partial charge in [0.2, 0.25) is 0 Å². The molecule has 112 valence electrons. The number of fused-ring (bicyclic) bond motifs is 1. The van der Waals surface area contributed by atoms with Gasteiger partial charge in [-0.15, -0.1) is 0 Å². The van der Waals surface area contributed by atoms with Crippen LogP contribution in [-0.2, 0) is 0 Å². The minimum absolute atomic E-state index is 0.167. The lowest BCUT2D eigenvalue weighted by Crippen LogP contribution is -2.22. The fraction of sp³-hybridized carbons (Fsp3) is 0.286. The summed E-state index contributed by atoms with van der Waals surface area (Å²) in [6.45, 7) is 8.48. The van der Waals surface area contributed by atoms with Crippen LogP contribution in [0.3, 0.4) is 0 Å². The zero-order valence-electron chi connectivity index (χ0n) is 13.8. The van der Waals surface area contributed by atoms with Crippen LogP contribution in [0.15, 0.2) is 60.2 Å². The lowest BCUT2D eigenvalue weighted by Gasteiger charge is -2.25. The molecule has 3 rings (SSSR count). The molecule has 0 aliphatic heterocycles. The van der Waals surface area contributed by atoms with E-state index in [1.807, 2.05) is 0 Å². The van der Waals surface area contributed by atoms with E-state index in [1.165, 1.54) is 21.9 Å². The Morgan fingerprint density at radius 1 is 1.05 bits per heavy atom. The van der Waals surface area contributed by atoms with E-state index < -0.39 is 0 Å². The summed E-state index contributed by atoms with van der Waals surface area (Å²) in [5.74, 6) is 0.280. The van der Waals surface area contributed by atoms with Gasteiger partial charge in [0.25, 0.3) is 0 Å². The Labute approximate surface area is 132 Å². The van der Waals surface area contributed by atoms with E-state index in [2.05, 4.69) is 82.3 Å². The number of rotatable bonds is 2. The van der Waals surface area contributed by atoms with Crippen molar-refractivity contribution < 1.29 is 0 Å². The maximum absolute atomic E-state index is 8.77. The van der Waals surface area contributed by atoms with Crippen molar-refractivity contribution in [3.63, 3.8) is 0 Å². The van der Waals surface area contributed by atoms with Crippen LogP contribution in [0.1, 0.15) is 44.7 Å². The predicted octanol–water partition coefficient (Wildman–Crippen LogP) is 5.85. The second-order valence-corrected chi connectivity index (χ2v) is 7.17. The maximum atomic E-state index is 8.77. The first-order valence-electron chi connectivity index (χ1n) is 7.85. The third-order valence-corrected chi connectivity index (χ3v) is 4.33. The van der Waals surface area contributed by atoms with Gasteiger partial charge in [-0.3, -0.25) is 0 Å². The van der Waals surface area contributed by atoms with Crippen molar-refractivity contribution in [2.75, 3.05) is 0 Å². The molecule has 0 fully saturated rings. The van der Waals surface area contributed by atoms with Crippen LogP contribution in [0.4, 0.5) is 0 Å². The van der Waals surface area contributed by atoms with E-state index in [1.54, 1.807) is 0 Å². The molecule has 22 heavy (non-hydrogen) atoms. The van der Waals surface area contributed by atoms with E-state index in [4.69, 9.17) is 5.41 Å². The summed E-state index contributed by atoms with van der Waals surface area (Å²) < 4.78 is 0. The van der Waals surface area contributed by atoms with Crippen molar-refractivity contribution in [3.8, 4) is 0 Å². The normalized spacial score (nSPS) is 17.8. The van der Waals surface area contributed by atoms with Gasteiger partial charge in [-0.1, -0.05) is 81.0 Å². The van der Waals surface area contributed by atoms with E-state index in [0.717, 1.165) is 5.56 Å². The average Bonchev–Trinajstić information content (AvgIpc) is 2.90. The number of hydrogen-bond donors (Lipinski definition) is 1. The monoisotopic (exact) mass is 289 g/mol. The fourth-order valence-electron chi connectivity index (χ4n) is 3.06. The lowest BCUT2D eigenvalue weighted by atomic mass is 9.79. The van der Waals surface area contributed by atoms with Crippen LogP contribution in [0.25, 0.3) is 10.8 Å². The molecule has 0 spiro atoms. The summed E-state index contributed by atoms with van der Waals surface area (Å²) >= 11 is 0. The molecular formula is C21H23N. The molecule has 0 amide bonds. The number of hydrogen-bond acceptors (Lipinski definition) is 1.